The number of benzene rings is 4. The van der Waals surface area contributed by atoms with Crippen LogP contribution in [0, 0.1) is 13.8 Å². The molecule has 0 spiro atoms. The van der Waals surface area contributed by atoms with Crippen LogP contribution in [-0.4, -0.2) is 0 Å². The van der Waals surface area contributed by atoms with Gasteiger partial charge in [0.15, 0.2) is 0 Å². The molecule has 0 heterocycles. The van der Waals surface area contributed by atoms with Crippen LogP contribution in [0.4, 0.5) is 17.1 Å². The highest BCUT2D eigenvalue weighted by Gasteiger charge is 2.16. The zero-order chi connectivity index (χ0) is 20.9. The summed E-state index contributed by atoms with van der Waals surface area (Å²) in [5.74, 6) is 0. The van der Waals surface area contributed by atoms with Gasteiger partial charge in [-0.05, 0) is 61.7 Å². The van der Waals surface area contributed by atoms with Gasteiger partial charge in [0.05, 0.1) is 5.69 Å². The molecule has 0 amide bonds. The molecular formula is C29H29N. The van der Waals surface area contributed by atoms with Crippen molar-refractivity contribution in [1.29, 1.82) is 0 Å². The maximum absolute atomic E-state index is 2.36. The van der Waals surface area contributed by atoms with Crippen LogP contribution in [0.2, 0.25) is 0 Å². The van der Waals surface area contributed by atoms with Crippen molar-refractivity contribution in [3.8, 4) is 11.1 Å². The van der Waals surface area contributed by atoms with E-state index >= 15 is 0 Å². The largest absolute Gasteiger partial charge is 0.310 e. The van der Waals surface area contributed by atoms with Crippen molar-refractivity contribution in [3.05, 3.63) is 114 Å². The molecule has 4 rings (SSSR count). The van der Waals surface area contributed by atoms with Crippen molar-refractivity contribution in [2.75, 3.05) is 4.90 Å². The van der Waals surface area contributed by atoms with Crippen LogP contribution in [0.3, 0.4) is 0 Å². The van der Waals surface area contributed by atoms with Crippen LogP contribution in [0.15, 0.2) is 97.1 Å². The van der Waals surface area contributed by atoms with E-state index in [1.807, 2.05) is 0 Å². The van der Waals surface area contributed by atoms with Gasteiger partial charge in [0.1, 0.15) is 0 Å². The lowest BCUT2D eigenvalue weighted by Gasteiger charge is -2.28. The Kier molecular flexibility index (Phi) is 5.99. The Bertz CT molecular complexity index is 1060. The summed E-state index contributed by atoms with van der Waals surface area (Å²) in [6.45, 7) is 6.50. The van der Waals surface area contributed by atoms with Crippen molar-refractivity contribution in [2.24, 2.45) is 0 Å². The van der Waals surface area contributed by atoms with Gasteiger partial charge in [0.25, 0.3) is 0 Å². The molecular weight excluding hydrogens is 362 g/mol. The average Bonchev–Trinajstić information content (AvgIpc) is 2.77. The van der Waals surface area contributed by atoms with Crippen molar-refractivity contribution in [2.45, 2.75) is 33.6 Å². The quantitative estimate of drug-likeness (QED) is 0.319. The molecule has 150 valence electrons. The molecule has 0 N–H and O–H groups in total. The molecule has 0 unspecified atom stereocenters. The standard InChI is InChI=1S/C29H29N/c1-4-8-24-9-7-10-25(21-24)28-11-5-6-12-29(28)30(26-17-13-22(2)14-18-26)27-19-15-23(3)16-20-27/h5-7,9-21H,4,8H2,1-3H3. The van der Waals surface area contributed by atoms with E-state index in [9.17, 15) is 0 Å². The Balaban J connectivity index is 1.89. The highest BCUT2D eigenvalue weighted by Crippen LogP contribution is 2.40. The van der Waals surface area contributed by atoms with Crippen LogP contribution in [0.5, 0.6) is 0 Å². The third-order valence-corrected chi connectivity index (χ3v) is 5.51. The van der Waals surface area contributed by atoms with E-state index in [-0.39, 0.29) is 0 Å². The van der Waals surface area contributed by atoms with Crippen LogP contribution in [0.1, 0.15) is 30.0 Å². The van der Waals surface area contributed by atoms with Crippen molar-refractivity contribution in [1.82, 2.24) is 0 Å². The minimum absolute atomic E-state index is 1.11. The van der Waals surface area contributed by atoms with E-state index < -0.39 is 0 Å². The van der Waals surface area contributed by atoms with Gasteiger partial charge >= 0.3 is 0 Å². The van der Waals surface area contributed by atoms with E-state index in [2.05, 4.69) is 123 Å². The van der Waals surface area contributed by atoms with Gasteiger partial charge in [-0.2, -0.15) is 0 Å². The fourth-order valence-corrected chi connectivity index (χ4v) is 3.91. The summed E-state index contributed by atoms with van der Waals surface area (Å²) in [5, 5.41) is 0. The van der Waals surface area contributed by atoms with E-state index in [1.165, 1.54) is 44.9 Å². The molecule has 0 fully saturated rings. The molecule has 4 aromatic rings. The lowest BCUT2D eigenvalue weighted by Crippen LogP contribution is -2.11. The molecule has 0 aliphatic heterocycles. The number of anilines is 3. The number of nitrogens with zero attached hydrogens (tertiary/aromatic N) is 1. The Morgan fingerprint density at radius 3 is 1.83 bits per heavy atom. The maximum Gasteiger partial charge on any atom is 0.0540 e. The molecule has 0 aliphatic carbocycles. The first-order valence-corrected chi connectivity index (χ1v) is 10.8. The maximum atomic E-state index is 2.36. The molecule has 0 aromatic heterocycles. The molecule has 0 saturated carbocycles. The summed E-state index contributed by atoms with van der Waals surface area (Å²) >= 11 is 0. The fourth-order valence-electron chi connectivity index (χ4n) is 3.91. The summed E-state index contributed by atoms with van der Waals surface area (Å²) in [4.78, 5) is 2.36. The Hall–Kier alpha value is -3.32. The minimum Gasteiger partial charge on any atom is -0.310 e. The summed E-state index contributed by atoms with van der Waals surface area (Å²) in [5.41, 5.74) is 9.97. The number of para-hydroxylation sites is 1. The predicted molar refractivity (Wildman–Crippen MR) is 130 cm³/mol. The number of aryl methyl sites for hydroxylation is 3. The monoisotopic (exact) mass is 391 g/mol. The lowest BCUT2D eigenvalue weighted by molar-refractivity contribution is 0.922. The van der Waals surface area contributed by atoms with Crippen LogP contribution >= 0.6 is 0 Å². The number of rotatable bonds is 6. The van der Waals surface area contributed by atoms with Gasteiger partial charge in [-0.1, -0.05) is 91.2 Å². The van der Waals surface area contributed by atoms with Crippen LogP contribution < -0.4 is 4.90 Å². The van der Waals surface area contributed by atoms with Gasteiger partial charge in [-0.15, -0.1) is 0 Å². The summed E-state index contributed by atoms with van der Waals surface area (Å²) in [6.07, 6.45) is 2.26. The summed E-state index contributed by atoms with van der Waals surface area (Å²) in [7, 11) is 0. The molecule has 30 heavy (non-hydrogen) atoms. The van der Waals surface area contributed by atoms with Gasteiger partial charge in [0, 0.05) is 16.9 Å². The zero-order valence-electron chi connectivity index (χ0n) is 18.1. The van der Waals surface area contributed by atoms with Gasteiger partial charge in [0.2, 0.25) is 0 Å². The smallest absolute Gasteiger partial charge is 0.0540 e. The topological polar surface area (TPSA) is 3.24 Å². The molecule has 1 nitrogen and oxygen atoms in total. The zero-order valence-corrected chi connectivity index (χ0v) is 18.1. The fraction of sp³-hybridized carbons (Fsp3) is 0.172. The number of hydrogen-bond donors (Lipinski definition) is 0. The van der Waals surface area contributed by atoms with Gasteiger partial charge in [-0.3, -0.25) is 0 Å². The highest BCUT2D eigenvalue weighted by atomic mass is 15.1. The second kappa shape index (κ2) is 9.00. The molecule has 1 heteroatoms. The third-order valence-electron chi connectivity index (χ3n) is 5.51. The van der Waals surface area contributed by atoms with Gasteiger partial charge < -0.3 is 4.90 Å². The van der Waals surface area contributed by atoms with Crippen LogP contribution in [0.25, 0.3) is 11.1 Å². The molecule has 0 bridgehead atoms. The van der Waals surface area contributed by atoms with Crippen molar-refractivity contribution < 1.29 is 0 Å². The first kappa shape index (κ1) is 20.0. The van der Waals surface area contributed by atoms with E-state index in [1.54, 1.807) is 0 Å². The normalized spacial score (nSPS) is 10.8. The average molecular weight is 392 g/mol. The van der Waals surface area contributed by atoms with Crippen molar-refractivity contribution in [3.63, 3.8) is 0 Å². The van der Waals surface area contributed by atoms with E-state index in [0.29, 0.717) is 0 Å². The highest BCUT2D eigenvalue weighted by molar-refractivity contribution is 5.88. The second-order valence-corrected chi connectivity index (χ2v) is 7.97. The third kappa shape index (κ3) is 4.31. The Morgan fingerprint density at radius 1 is 0.633 bits per heavy atom. The van der Waals surface area contributed by atoms with E-state index in [0.717, 1.165) is 12.8 Å². The summed E-state index contributed by atoms with van der Waals surface area (Å²) in [6, 6.07) is 35.2. The molecule has 0 aliphatic rings. The minimum atomic E-state index is 1.11. The predicted octanol–water partition coefficient (Wildman–Crippen LogP) is 8.39. The van der Waals surface area contributed by atoms with E-state index in [4.69, 9.17) is 0 Å². The first-order valence-electron chi connectivity index (χ1n) is 10.8. The molecule has 0 atom stereocenters. The van der Waals surface area contributed by atoms with Gasteiger partial charge in [-0.25, -0.2) is 0 Å². The molecule has 4 aromatic carbocycles. The Labute approximate surface area is 180 Å². The second-order valence-electron chi connectivity index (χ2n) is 7.97. The first-order chi connectivity index (χ1) is 14.7. The molecule has 0 radical (unpaired) electrons. The Morgan fingerprint density at radius 2 is 1.23 bits per heavy atom. The molecule has 0 saturated heterocycles. The van der Waals surface area contributed by atoms with Crippen LogP contribution in [-0.2, 0) is 6.42 Å². The summed E-state index contributed by atoms with van der Waals surface area (Å²) < 4.78 is 0. The number of hydrogen-bond acceptors (Lipinski definition) is 1. The van der Waals surface area contributed by atoms with Crippen molar-refractivity contribution >= 4 is 17.1 Å². The lowest BCUT2D eigenvalue weighted by atomic mass is 9.98. The SMILES string of the molecule is CCCc1cccc(-c2ccccc2N(c2ccc(C)cc2)c2ccc(C)cc2)c1.